The first-order chi connectivity index (χ1) is 9.17. The average Bonchev–Trinajstić information content (AvgIpc) is 2.62. The standard InChI is InChI=1S/C11H9ClF3NO3S/c12-7-2-10(9(14)3-8(7)13)16-4-6(1-11(16)17)5-20(15,18)19/h2-3,6H,1,4-5H2. The molecule has 1 fully saturated rings. The summed E-state index contributed by atoms with van der Waals surface area (Å²) >= 11 is 5.52. The summed E-state index contributed by atoms with van der Waals surface area (Å²) in [6.45, 7) is -0.166. The molecule has 1 saturated heterocycles. The Morgan fingerprint density at radius 2 is 1.95 bits per heavy atom. The number of hydrogen-bond donors (Lipinski definition) is 0. The Kier molecular flexibility index (Phi) is 3.97. The molecule has 0 aromatic heterocycles. The fourth-order valence-corrected chi connectivity index (χ4v) is 3.07. The van der Waals surface area contributed by atoms with Crippen LogP contribution in [0.25, 0.3) is 0 Å². The van der Waals surface area contributed by atoms with E-state index in [2.05, 4.69) is 0 Å². The smallest absolute Gasteiger partial charge is 0.302 e. The highest BCUT2D eigenvalue weighted by Gasteiger charge is 2.35. The first kappa shape index (κ1) is 15.1. The van der Waals surface area contributed by atoms with E-state index in [0.29, 0.717) is 6.07 Å². The molecule has 1 unspecified atom stereocenters. The van der Waals surface area contributed by atoms with Crippen LogP contribution >= 0.6 is 11.6 Å². The van der Waals surface area contributed by atoms with E-state index in [1.807, 2.05) is 0 Å². The topological polar surface area (TPSA) is 54.5 Å². The molecule has 0 saturated carbocycles. The maximum absolute atomic E-state index is 13.6. The number of carbonyl (C=O) groups excluding carboxylic acids is 1. The Hall–Kier alpha value is -1.28. The molecular formula is C11H9ClF3NO3S. The van der Waals surface area contributed by atoms with Gasteiger partial charge in [0.05, 0.1) is 16.5 Å². The number of anilines is 1. The van der Waals surface area contributed by atoms with E-state index in [-0.39, 0.29) is 23.7 Å². The maximum Gasteiger partial charge on any atom is 0.302 e. The number of rotatable bonds is 3. The van der Waals surface area contributed by atoms with Gasteiger partial charge in [0.25, 0.3) is 0 Å². The Labute approximate surface area is 118 Å². The normalized spacial score (nSPS) is 19.7. The van der Waals surface area contributed by atoms with E-state index in [0.717, 1.165) is 11.0 Å². The molecule has 0 aliphatic carbocycles. The molecule has 2 rings (SSSR count). The summed E-state index contributed by atoms with van der Waals surface area (Å²) in [6, 6.07) is 1.47. The summed E-state index contributed by atoms with van der Waals surface area (Å²) in [6.07, 6.45) is -0.225. The lowest BCUT2D eigenvalue weighted by Crippen LogP contribution is -2.26. The molecule has 0 bridgehead atoms. The molecule has 1 aromatic rings. The molecule has 1 aliphatic rings. The first-order valence-corrected chi connectivity index (χ1v) is 7.47. The van der Waals surface area contributed by atoms with Crippen LogP contribution in [0.3, 0.4) is 0 Å². The van der Waals surface area contributed by atoms with Crippen molar-refractivity contribution in [1.82, 2.24) is 0 Å². The molecule has 110 valence electrons. The minimum Gasteiger partial charge on any atom is -0.309 e. The van der Waals surface area contributed by atoms with E-state index in [9.17, 15) is 25.9 Å². The molecule has 1 aliphatic heterocycles. The van der Waals surface area contributed by atoms with Crippen LogP contribution in [0.2, 0.25) is 5.02 Å². The number of nitrogens with zero attached hydrogens (tertiary/aromatic N) is 1. The molecular weight excluding hydrogens is 319 g/mol. The predicted octanol–water partition coefficient (Wildman–Crippen LogP) is 2.27. The van der Waals surface area contributed by atoms with E-state index >= 15 is 0 Å². The summed E-state index contributed by atoms with van der Waals surface area (Å²) in [4.78, 5) is 12.7. The Morgan fingerprint density at radius 3 is 2.55 bits per heavy atom. The van der Waals surface area contributed by atoms with E-state index < -0.39 is 39.4 Å². The van der Waals surface area contributed by atoms with Crippen molar-refractivity contribution in [2.45, 2.75) is 6.42 Å². The van der Waals surface area contributed by atoms with Gasteiger partial charge in [-0.2, -0.15) is 8.42 Å². The second kappa shape index (κ2) is 5.25. The highest BCUT2D eigenvalue weighted by molar-refractivity contribution is 7.86. The van der Waals surface area contributed by atoms with Crippen molar-refractivity contribution in [2.75, 3.05) is 17.2 Å². The fraction of sp³-hybridized carbons (Fsp3) is 0.364. The fourth-order valence-electron chi connectivity index (χ4n) is 2.13. The summed E-state index contributed by atoms with van der Waals surface area (Å²) in [5.41, 5.74) is -0.250. The highest BCUT2D eigenvalue weighted by Crippen LogP contribution is 2.31. The molecule has 9 heteroatoms. The van der Waals surface area contributed by atoms with E-state index in [1.165, 1.54) is 0 Å². The van der Waals surface area contributed by atoms with Gasteiger partial charge in [-0.25, -0.2) is 8.78 Å². The molecule has 0 radical (unpaired) electrons. The van der Waals surface area contributed by atoms with Crippen molar-refractivity contribution in [3.8, 4) is 0 Å². The molecule has 1 heterocycles. The van der Waals surface area contributed by atoms with Gasteiger partial charge in [0, 0.05) is 24.9 Å². The van der Waals surface area contributed by atoms with Gasteiger partial charge >= 0.3 is 10.2 Å². The molecule has 1 aromatic carbocycles. The zero-order valence-electron chi connectivity index (χ0n) is 9.95. The minimum atomic E-state index is -4.72. The van der Waals surface area contributed by atoms with Crippen molar-refractivity contribution >= 4 is 33.4 Å². The van der Waals surface area contributed by atoms with Crippen LogP contribution in [0.4, 0.5) is 18.4 Å². The molecule has 0 N–H and O–H groups in total. The van der Waals surface area contributed by atoms with Crippen LogP contribution in [0.1, 0.15) is 6.42 Å². The van der Waals surface area contributed by atoms with Crippen LogP contribution in [-0.2, 0) is 15.0 Å². The SMILES string of the molecule is O=C1CC(CS(=O)(=O)F)CN1c1cc(Cl)c(F)cc1F. The lowest BCUT2D eigenvalue weighted by atomic mass is 10.1. The van der Waals surface area contributed by atoms with Gasteiger partial charge in [0.2, 0.25) is 5.91 Å². The monoisotopic (exact) mass is 327 g/mol. The average molecular weight is 328 g/mol. The second-order valence-electron chi connectivity index (χ2n) is 4.50. The lowest BCUT2D eigenvalue weighted by Gasteiger charge is -2.17. The molecule has 20 heavy (non-hydrogen) atoms. The van der Waals surface area contributed by atoms with E-state index in [4.69, 9.17) is 11.6 Å². The van der Waals surface area contributed by atoms with E-state index in [1.54, 1.807) is 0 Å². The van der Waals surface area contributed by atoms with Gasteiger partial charge in [0.1, 0.15) is 11.6 Å². The summed E-state index contributed by atoms with van der Waals surface area (Å²) < 4.78 is 60.4. The van der Waals surface area contributed by atoms with Crippen LogP contribution < -0.4 is 4.90 Å². The summed E-state index contributed by atoms with van der Waals surface area (Å²) in [7, 11) is -4.72. The van der Waals surface area contributed by atoms with Gasteiger partial charge < -0.3 is 4.90 Å². The summed E-state index contributed by atoms with van der Waals surface area (Å²) in [5.74, 6) is -4.13. The second-order valence-corrected chi connectivity index (χ2v) is 6.32. The van der Waals surface area contributed by atoms with Crippen LogP contribution in [-0.4, -0.2) is 26.6 Å². The zero-order valence-corrected chi connectivity index (χ0v) is 11.5. The molecule has 0 spiro atoms. The van der Waals surface area contributed by atoms with Crippen molar-refractivity contribution < 1.29 is 25.9 Å². The largest absolute Gasteiger partial charge is 0.309 e. The number of hydrogen-bond acceptors (Lipinski definition) is 3. The van der Waals surface area contributed by atoms with Crippen molar-refractivity contribution in [3.05, 3.63) is 28.8 Å². The zero-order chi connectivity index (χ0) is 15.1. The number of carbonyl (C=O) groups is 1. The highest BCUT2D eigenvalue weighted by atomic mass is 35.5. The minimum absolute atomic E-state index is 0.166. The Bertz CT molecular complexity index is 665. The summed E-state index contributed by atoms with van der Waals surface area (Å²) in [5, 5.41) is -0.365. The molecule has 4 nitrogen and oxygen atoms in total. The quantitative estimate of drug-likeness (QED) is 0.632. The predicted molar refractivity (Wildman–Crippen MR) is 66.7 cm³/mol. The first-order valence-electron chi connectivity index (χ1n) is 5.54. The van der Waals surface area contributed by atoms with Gasteiger partial charge in [0.15, 0.2) is 0 Å². The number of halogens is 4. The third-order valence-corrected chi connectivity index (χ3v) is 4.08. The third-order valence-electron chi connectivity index (χ3n) is 2.92. The Morgan fingerprint density at radius 1 is 1.30 bits per heavy atom. The van der Waals surface area contributed by atoms with Gasteiger partial charge in [-0.15, -0.1) is 3.89 Å². The number of benzene rings is 1. The molecule has 1 amide bonds. The van der Waals surface area contributed by atoms with Crippen LogP contribution in [0, 0.1) is 17.6 Å². The molecule has 1 atom stereocenters. The van der Waals surface area contributed by atoms with Gasteiger partial charge in [-0.1, -0.05) is 11.6 Å². The lowest BCUT2D eigenvalue weighted by molar-refractivity contribution is -0.117. The van der Waals surface area contributed by atoms with Crippen molar-refractivity contribution in [1.29, 1.82) is 0 Å². The maximum atomic E-state index is 13.6. The van der Waals surface area contributed by atoms with Crippen molar-refractivity contribution in [3.63, 3.8) is 0 Å². The number of amides is 1. The Balaban J connectivity index is 2.26. The van der Waals surface area contributed by atoms with Crippen LogP contribution in [0.5, 0.6) is 0 Å². The van der Waals surface area contributed by atoms with Gasteiger partial charge in [-0.3, -0.25) is 4.79 Å². The van der Waals surface area contributed by atoms with Gasteiger partial charge in [-0.05, 0) is 6.07 Å². The van der Waals surface area contributed by atoms with Crippen LogP contribution in [0.15, 0.2) is 12.1 Å². The van der Waals surface area contributed by atoms with Crippen molar-refractivity contribution in [2.24, 2.45) is 5.92 Å². The third kappa shape index (κ3) is 3.24.